The van der Waals surface area contributed by atoms with Crippen LogP contribution >= 0.6 is 0 Å². The maximum atomic E-state index is 11.8. The van der Waals surface area contributed by atoms with Crippen molar-refractivity contribution in [2.75, 3.05) is 13.1 Å². The van der Waals surface area contributed by atoms with E-state index in [2.05, 4.69) is 10.3 Å². The van der Waals surface area contributed by atoms with Gasteiger partial charge >= 0.3 is 0 Å². The molecule has 1 aromatic heterocycles. The highest BCUT2D eigenvalue weighted by Gasteiger charge is 2.23. The minimum absolute atomic E-state index is 0.0772. The fraction of sp³-hybridized carbons (Fsp3) is 0.235. The summed E-state index contributed by atoms with van der Waals surface area (Å²) in [6, 6.07) is 5.09. The lowest BCUT2D eigenvalue weighted by Crippen LogP contribution is -2.35. The van der Waals surface area contributed by atoms with E-state index in [9.17, 15) is 19.5 Å². The number of benzene rings is 1. The number of nitrogens with one attached hydrogen (secondary N) is 2. The smallest absolute Gasteiger partial charge is 0.253 e. The number of aromatic hydroxyl groups is 1. The van der Waals surface area contributed by atoms with Gasteiger partial charge in [0, 0.05) is 48.8 Å². The summed E-state index contributed by atoms with van der Waals surface area (Å²) in [4.78, 5) is 38.8. The summed E-state index contributed by atoms with van der Waals surface area (Å²) in [6.45, 7) is 0.513. The van der Waals surface area contributed by atoms with Crippen molar-refractivity contribution < 1.29 is 19.5 Å². The van der Waals surface area contributed by atoms with E-state index in [1.165, 1.54) is 12.2 Å². The molecule has 0 aliphatic carbocycles. The lowest BCUT2D eigenvalue weighted by Gasteiger charge is -2.13. The Balaban J connectivity index is 1.47. The van der Waals surface area contributed by atoms with Crippen LogP contribution in [0.1, 0.15) is 12.0 Å². The van der Waals surface area contributed by atoms with Gasteiger partial charge < -0.3 is 15.4 Å². The molecule has 24 heavy (non-hydrogen) atoms. The summed E-state index contributed by atoms with van der Waals surface area (Å²) in [5.41, 5.74) is 1.92. The number of hydrogen-bond acceptors (Lipinski definition) is 4. The Hall–Kier alpha value is -3.09. The van der Waals surface area contributed by atoms with Crippen molar-refractivity contribution in [2.45, 2.75) is 12.8 Å². The van der Waals surface area contributed by atoms with Crippen molar-refractivity contribution in [3.8, 4) is 5.75 Å². The molecule has 0 saturated heterocycles. The van der Waals surface area contributed by atoms with Crippen LogP contribution in [-0.2, 0) is 20.8 Å². The standard InChI is InChI=1S/C17H17N3O4/c21-12-1-2-14-13(9-12)11(10-19-14)5-7-18-15(22)6-8-20-16(23)3-4-17(20)24/h1-4,9-10,19,21H,5-8H2,(H,18,22). The Morgan fingerprint density at radius 1 is 1.21 bits per heavy atom. The summed E-state index contributed by atoms with van der Waals surface area (Å²) >= 11 is 0. The second-order valence-corrected chi connectivity index (χ2v) is 5.56. The summed E-state index contributed by atoms with van der Waals surface area (Å²) in [5.74, 6) is -0.788. The van der Waals surface area contributed by atoms with Crippen LogP contribution in [0.15, 0.2) is 36.5 Å². The van der Waals surface area contributed by atoms with Crippen molar-refractivity contribution in [1.29, 1.82) is 0 Å². The van der Waals surface area contributed by atoms with Gasteiger partial charge in [0.25, 0.3) is 11.8 Å². The number of phenolic OH excluding ortho intramolecular Hbond substituents is 1. The van der Waals surface area contributed by atoms with Gasteiger partial charge in [0.05, 0.1) is 0 Å². The number of nitrogens with zero attached hydrogens (tertiary/aromatic N) is 1. The van der Waals surface area contributed by atoms with Crippen LogP contribution in [-0.4, -0.2) is 45.8 Å². The van der Waals surface area contributed by atoms with E-state index >= 15 is 0 Å². The third-order valence-corrected chi connectivity index (χ3v) is 3.93. The van der Waals surface area contributed by atoms with Crippen molar-refractivity contribution in [3.63, 3.8) is 0 Å². The van der Waals surface area contributed by atoms with Crippen LogP contribution in [0.25, 0.3) is 10.9 Å². The minimum Gasteiger partial charge on any atom is -0.508 e. The minimum atomic E-state index is -0.383. The predicted octanol–water partition coefficient (Wildman–Crippen LogP) is 0.847. The molecule has 1 aliphatic rings. The summed E-state index contributed by atoms with van der Waals surface area (Å²) < 4.78 is 0. The molecule has 2 heterocycles. The van der Waals surface area contributed by atoms with E-state index in [1.807, 2.05) is 6.20 Å². The number of carbonyl (C=O) groups is 3. The van der Waals surface area contributed by atoms with Gasteiger partial charge in [-0.2, -0.15) is 0 Å². The molecule has 1 aromatic carbocycles. The largest absolute Gasteiger partial charge is 0.508 e. The molecule has 3 amide bonds. The van der Waals surface area contributed by atoms with E-state index in [0.717, 1.165) is 21.4 Å². The summed E-state index contributed by atoms with van der Waals surface area (Å²) in [6.07, 6.45) is 4.94. The van der Waals surface area contributed by atoms with Crippen LogP contribution in [0, 0.1) is 0 Å². The van der Waals surface area contributed by atoms with Gasteiger partial charge in [-0.05, 0) is 30.2 Å². The van der Waals surface area contributed by atoms with Gasteiger partial charge in [0.15, 0.2) is 0 Å². The van der Waals surface area contributed by atoms with Crippen molar-refractivity contribution in [3.05, 3.63) is 42.1 Å². The first kappa shape index (κ1) is 15.8. The molecular weight excluding hydrogens is 310 g/mol. The molecule has 124 valence electrons. The Bertz CT molecular complexity index is 819. The first-order valence-corrected chi connectivity index (χ1v) is 7.64. The number of fused-ring (bicyclic) bond motifs is 1. The SMILES string of the molecule is O=C(CCN1C(=O)C=CC1=O)NCCc1c[nH]c2ccc(O)cc12. The Morgan fingerprint density at radius 2 is 1.96 bits per heavy atom. The maximum Gasteiger partial charge on any atom is 0.253 e. The highest BCUT2D eigenvalue weighted by molar-refractivity contribution is 6.13. The molecule has 0 radical (unpaired) electrons. The second-order valence-electron chi connectivity index (χ2n) is 5.56. The van der Waals surface area contributed by atoms with Crippen molar-refractivity contribution >= 4 is 28.6 Å². The van der Waals surface area contributed by atoms with Crippen molar-refractivity contribution in [1.82, 2.24) is 15.2 Å². The quantitative estimate of drug-likeness (QED) is 0.684. The monoisotopic (exact) mass is 327 g/mol. The molecule has 3 N–H and O–H groups in total. The number of aromatic amines is 1. The van der Waals surface area contributed by atoms with E-state index < -0.39 is 0 Å². The zero-order chi connectivity index (χ0) is 17.1. The van der Waals surface area contributed by atoms with Crippen molar-refractivity contribution in [2.24, 2.45) is 0 Å². The van der Waals surface area contributed by atoms with Crippen LogP contribution in [0.4, 0.5) is 0 Å². The van der Waals surface area contributed by atoms with Gasteiger partial charge in [0.1, 0.15) is 5.75 Å². The lowest BCUT2D eigenvalue weighted by atomic mass is 10.1. The Labute approximate surface area is 137 Å². The molecule has 0 saturated carbocycles. The molecule has 7 heteroatoms. The molecule has 0 atom stereocenters. The van der Waals surface area contributed by atoms with E-state index in [-0.39, 0.29) is 36.4 Å². The summed E-state index contributed by atoms with van der Waals surface area (Å²) in [5, 5.41) is 13.2. The molecule has 0 spiro atoms. The number of phenols is 1. The van der Waals surface area contributed by atoms with Gasteiger partial charge in [-0.3, -0.25) is 19.3 Å². The number of rotatable bonds is 6. The number of H-pyrrole nitrogens is 1. The zero-order valence-corrected chi connectivity index (χ0v) is 12.9. The second kappa shape index (κ2) is 6.57. The normalized spacial score (nSPS) is 13.9. The third-order valence-electron chi connectivity index (χ3n) is 3.93. The van der Waals surface area contributed by atoms with E-state index in [4.69, 9.17) is 0 Å². The molecule has 7 nitrogen and oxygen atoms in total. The lowest BCUT2D eigenvalue weighted by molar-refractivity contribution is -0.137. The Morgan fingerprint density at radius 3 is 2.71 bits per heavy atom. The molecule has 0 unspecified atom stereocenters. The number of carbonyl (C=O) groups excluding carboxylic acids is 3. The predicted molar refractivity (Wildman–Crippen MR) is 87.2 cm³/mol. The van der Waals surface area contributed by atoms with Crippen LogP contribution in [0.3, 0.4) is 0 Å². The first-order chi connectivity index (χ1) is 11.5. The van der Waals surface area contributed by atoms with E-state index in [1.54, 1.807) is 18.2 Å². The molecule has 0 fully saturated rings. The maximum absolute atomic E-state index is 11.8. The molecule has 2 aromatic rings. The highest BCUT2D eigenvalue weighted by Crippen LogP contribution is 2.23. The Kier molecular flexibility index (Phi) is 4.33. The topological polar surface area (TPSA) is 103 Å². The molecule has 0 bridgehead atoms. The zero-order valence-electron chi connectivity index (χ0n) is 12.9. The number of amides is 3. The van der Waals surface area contributed by atoms with Crippen LogP contribution < -0.4 is 5.32 Å². The summed E-state index contributed by atoms with van der Waals surface area (Å²) in [7, 11) is 0. The van der Waals surface area contributed by atoms with Crippen LogP contribution in [0.5, 0.6) is 5.75 Å². The number of imide groups is 1. The fourth-order valence-corrected chi connectivity index (χ4v) is 2.66. The highest BCUT2D eigenvalue weighted by atomic mass is 16.3. The third kappa shape index (κ3) is 3.29. The van der Waals surface area contributed by atoms with Gasteiger partial charge in [-0.15, -0.1) is 0 Å². The van der Waals surface area contributed by atoms with Crippen LogP contribution in [0.2, 0.25) is 0 Å². The molecule has 1 aliphatic heterocycles. The average molecular weight is 327 g/mol. The van der Waals surface area contributed by atoms with E-state index in [0.29, 0.717) is 13.0 Å². The molecular formula is C17H17N3O4. The number of aromatic nitrogens is 1. The number of hydrogen-bond donors (Lipinski definition) is 3. The molecule has 3 rings (SSSR count). The average Bonchev–Trinajstić information content (AvgIpc) is 3.09. The fourth-order valence-electron chi connectivity index (χ4n) is 2.66. The van der Waals surface area contributed by atoms with Gasteiger partial charge in [0.2, 0.25) is 5.91 Å². The van der Waals surface area contributed by atoms with Gasteiger partial charge in [-0.1, -0.05) is 0 Å². The van der Waals surface area contributed by atoms with Gasteiger partial charge in [-0.25, -0.2) is 0 Å². The first-order valence-electron chi connectivity index (χ1n) is 7.64.